The molecule has 170 valence electrons. The van der Waals surface area contributed by atoms with Crippen LogP contribution in [0.15, 0.2) is 79.0 Å². The molecule has 1 fully saturated rings. The minimum Gasteiger partial charge on any atom is -0.376 e. The Kier molecular flexibility index (Phi) is 7.47. The van der Waals surface area contributed by atoms with Crippen molar-refractivity contribution < 1.29 is 14.3 Å². The van der Waals surface area contributed by atoms with Gasteiger partial charge in [-0.3, -0.25) is 14.6 Å². The molecule has 0 spiro atoms. The highest BCUT2D eigenvalue weighted by Gasteiger charge is 2.35. The Labute approximate surface area is 194 Å². The van der Waals surface area contributed by atoms with Gasteiger partial charge in [0.1, 0.15) is 11.7 Å². The summed E-state index contributed by atoms with van der Waals surface area (Å²) in [5, 5.41) is 3.04. The second kappa shape index (κ2) is 10.9. The molecular weight excluding hydrogens is 414 g/mol. The number of pyridine rings is 1. The van der Waals surface area contributed by atoms with E-state index in [1.807, 2.05) is 61.5 Å². The maximum atomic E-state index is 13.7. The Morgan fingerprint density at radius 3 is 2.52 bits per heavy atom. The van der Waals surface area contributed by atoms with Gasteiger partial charge in [0.15, 0.2) is 0 Å². The number of hydrogen-bond donors (Lipinski definition) is 1. The third kappa shape index (κ3) is 5.65. The van der Waals surface area contributed by atoms with Gasteiger partial charge < -0.3 is 15.0 Å². The number of ether oxygens (including phenoxy) is 1. The number of aromatic nitrogens is 1. The van der Waals surface area contributed by atoms with E-state index in [-0.39, 0.29) is 17.9 Å². The summed E-state index contributed by atoms with van der Waals surface area (Å²) >= 11 is 0. The van der Waals surface area contributed by atoms with Gasteiger partial charge in [0.2, 0.25) is 5.91 Å². The maximum Gasteiger partial charge on any atom is 0.273 e. The van der Waals surface area contributed by atoms with Crippen molar-refractivity contribution in [2.24, 2.45) is 0 Å². The topological polar surface area (TPSA) is 71.5 Å². The summed E-state index contributed by atoms with van der Waals surface area (Å²) in [5.74, 6) is -0.510. The van der Waals surface area contributed by atoms with Crippen LogP contribution in [-0.4, -0.2) is 41.0 Å². The van der Waals surface area contributed by atoms with E-state index >= 15 is 0 Å². The number of benzene rings is 2. The quantitative estimate of drug-likeness (QED) is 0.570. The van der Waals surface area contributed by atoms with Gasteiger partial charge in [-0.2, -0.15) is 0 Å². The fraction of sp³-hybridized carbons (Fsp3) is 0.296. The Morgan fingerprint density at radius 1 is 1.06 bits per heavy atom. The number of nitrogens with zero attached hydrogens (tertiary/aromatic N) is 2. The number of carbonyl (C=O) groups excluding carboxylic acids is 2. The van der Waals surface area contributed by atoms with Crippen LogP contribution < -0.4 is 5.32 Å². The first kappa shape index (κ1) is 22.7. The average Bonchev–Trinajstić information content (AvgIpc) is 3.37. The van der Waals surface area contributed by atoms with E-state index in [2.05, 4.69) is 10.3 Å². The van der Waals surface area contributed by atoms with Crippen molar-refractivity contribution in [3.05, 3.63) is 101 Å². The van der Waals surface area contributed by atoms with Crippen molar-refractivity contribution in [3.8, 4) is 0 Å². The molecule has 0 unspecified atom stereocenters. The van der Waals surface area contributed by atoms with Gasteiger partial charge in [-0.25, -0.2) is 0 Å². The van der Waals surface area contributed by atoms with Gasteiger partial charge in [-0.1, -0.05) is 60.7 Å². The minimum absolute atomic E-state index is 0.105. The van der Waals surface area contributed by atoms with Crippen LogP contribution in [0.2, 0.25) is 0 Å². The molecule has 2 atom stereocenters. The van der Waals surface area contributed by atoms with Gasteiger partial charge in [-0.15, -0.1) is 0 Å². The molecule has 0 bridgehead atoms. The molecular formula is C27H29N3O3. The molecule has 1 N–H and O–H groups in total. The molecule has 33 heavy (non-hydrogen) atoms. The van der Waals surface area contributed by atoms with E-state index in [9.17, 15) is 9.59 Å². The summed E-state index contributed by atoms with van der Waals surface area (Å²) < 4.78 is 5.85. The van der Waals surface area contributed by atoms with Crippen LogP contribution in [0.1, 0.15) is 46.1 Å². The zero-order valence-corrected chi connectivity index (χ0v) is 18.8. The number of nitrogens with one attached hydrogen (secondary N) is 1. The summed E-state index contributed by atoms with van der Waals surface area (Å²) in [4.78, 5) is 33.2. The van der Waals surface area contributed by atoms with Crippen LogP contribution in [0.25, 0.3) is 0 Å². The van der Waals surface area contributed by atoms with Gasteiger partial charge in [0.25, 0.3) is 5.91 Å². The largest absolute Gasteiger partial charge is 0.376 e. The van der Waals surface area contributed by atoms with Gasteiger partial charge in [0.05, 0.1) is 6.10 Å². The van der Waals surface area contributed by atoms with E-state index in [1.165, 1.54) is 0 Å². The third-order valence-corrected chi connectivity index (χ3v) is 5.92. The van der Waals surface area contributed by atoms with Crippen LogP contribution in [-0.2, 0) is 16.1 Å². The van der Waals surface area contributed by atoms with Gasteiger partial charge in [-0.05, 0) is 48.6 Å². The Bertz CT molecular complexity index is 1070. The van der Waals surface area contributed by atoms with Crippen LogP contribution in [0, 0.1) is 6.92 Å². The number of rotatable bonds is 8. The van der Waals surface area contributed by atoms with Crippen LogP contribution in [0.4, 0.5) is 0 Å². The van der Waals surface area contributed by atoms with E-state index in [0.29, 0.717) is 25.4 Å². The molecule has 3 aromatic rings. The smallest absolute Gasteiger partial charge is 0.273 e. The molecule has 1 aliphatic rings. The number of aryl methyl sites for hydroxylation is 1. The molecule has 6 heteroatoms. The molecule has 6 nitrogen and oxygen atoms in total. The highest BCUT2D eigenvalue weighted by atomic mass is 16.5. The molecule has 4 rings (SSSR count). The fourth-order valence-electron chi connectivity index (χ4n) is 4.18. The van der Waals surface area contributed by atoms with Crippen molar-refractivity contribution in [2.45, 2.75) is 38.5 Å². The molecule has 2 amide bonds. The molecule has 2 heterocycles. The maximum absolute atomic E-state index is 13.7. The predicted octanol–water partition coefficient (Wildman–Crippen LogP) is 4.07. The monoisotopic (exact) mass is 443 g/mol. The zero-order chi connectivity index (χ0) is 23.0. The lowest BCUT2D eigenvalue weighted by atomic mass is 9.97. The lowest BCUT2D eigenvalue weighted by molar-refractivity contribution is -0.126. The molecule has 0 radical (unpaired) electrons. The first-order valence-corrected chi connectivity index (χ1v) is 11.3. The van der Waals surface area contributed by atoms with Crippen molar-refractivity contribution in [2.75, 3.05) is 13.2 Å². The lowest BCUT2D eigenvalue weighted by Gasteiger charge is -2.33. The second-order valence-corrected chi connectivity index (χ2v) is 8.27. The first-order chi connectivity index (χ1) is 16.1. The highest BCUT2D eigenvalue weighted by molar-refractivity contribution is 5.96. The third-order valence-electron chi connectivity index (χ3n) is 5.92. The molecule has 0 saturated carbocycles. The van der Waals surface area contributed by atoms with Gasteiger partial charge in [0, 0.05) is 25.9 Å². The normalized spacial score (nSPS) is 16.2. The van der Waals surface area contributed by atoms with E-state index in [0.717, 1.165) is 29.5 Å². The molecule has 1 aromatic heterocycles. The van der Waals surface area contributed by atoms with Crippen LogP contribution in [0.5, 0.6) is 0 Å². The highest BCUT2D eigenvalue weighted by Crippen LogP contribution is 2.28. The van der Waals surface area contributed by atoms with E-state index in [4.69, 9.17) is 4.74 Å². The van der Waals surface area contributed by atoms with Crippen molar-refractivity contribution >= 4 is 11.8 Å². The summed E-state index contributed by atoms with van der Waals surface area (Å²) in [6.45, 7) is 3.34. The van der Waals surface area contributed by atoms with Crippen LogP contribution >= 0.6 is 0 Å². The minimum atomic E-state index is -0.798. The summed E-state index contributed by atoms with van der Waals surface area (Å²) in [6, 6.07) is 21.9. The second-order valence-electron chi connectivity index (χ2n) is 8.27. The first-order valence-electron chi connectivity index (χ1n) is 11.3. The Balaban J connectivity index is 1.69. The van der Waals surface area contributed by atoms with Crippen molar-refractivity contribution in [3.63, 3.8) is 0 Å². The lowest BCUT2D eigenvalue weighted by Crippen LogP contribution is -2.47. The number of hydrogen-bond acceptors (Lipinski definition) is 4. The molecule has 1 saturated heterocycles. The van der Waals surface area contributed by atoms with Crippen molar-refractivity contribution in [1.29, 1.82) is 0 Å². The Morgan fingerprint density at radius 2 is 1.82 bits per heavy atom. The summed E-state index contributed by atoms with van der Waals surface area (Å²) in [5.41, 5.74) is 3.05. The molecule has 2 aromatic carbocycles. The van der Waals surface area contributed by atoms with E-state index in [1.54, 1.807) is 29.3 Å². The Hall–Kier alpha value is -3.51. The molecule has 0 aliphatic carbocycles. The summed E-state index contributed by atoms with van der Waals surface area (Å²) in [6.07, 6.45) is 3.30. The SMILES string of the molecule is Cc1ccccc1[C@H](C(=O)NCc1ccccc1)N(C[C@@H]1CCCO1)C(=O)c1ccccn1. The van der Waals surface area contributed by atoms with Crippen molar-refractivity contribution in [1.82, 2.24) is 15.2 Å². The van der Waals surface area contributed by atoms with Crippen LogP contribution in [0.3, 0.4) is 0 Å². The zero-order valence-electron chi connectivity index (χ0n) is 18.8. The number of carbonyl (C=O) groups is 2. The predicted molar refractivity (Wildman–Crippen MR) is 126 cm³/mol. The van der Waals surface area contributed by atoms with Gasteiger partial charge >= 0.3 is 0 Å². The van der Waals surface area contributed by atoms with E-state index < -0.39 is 6.04 Å². The number of amides is 2. The summed E-state index contributed by atoms with van der Waals surface area (Å²) in [7, 11) is 0. The average molecular weight is 444 g/mol. The fourth-order valence-corrected chi connectivity index (χ4v) is 4.18. The molecule has 1 aliphatic heterocycles. The standard InChI is InChI=1S/C27H29N3O3/c1-20-10-5-6-14-23(20)25(26(31)29-18-21-11-3-2-4-12-21)30(19-22-13-9-17-33-22)27(32)24-15-7-8-16-28-24/h2-8,10-12,14-16,22,25H,9,13,17-19H2,1H3,(H,29,31)/t22-,25+/m0/s1.